The van der Waals surface area contributed by atoms with Crippen LogP contribution in [0.2, 0.25) is 0 Å². The quantitative estimate of drug-likeness (QED) is 0.803. The molecule has 0 unspecified atom stereocenters. The molecule has 1 aromatic heterocycles. The van der Waals surface area contributed by atoms with E-state index in [2.05, 4.69) is 10.3 Å². The van der Waals surface area contributed by atoms with Crippen LogP contribution in [0.3, 0.4) is 0 Å². The second kappa shape index (κ2) is 10.1. The Hall–Kier alpha value is -0.780. The number of rotatable bonds is 7. The van der Waals surface area contributed by atoms with Crippen molar-refractivity contribution < 1.29 is 4.79 Å². The molecule has 0 aliphatic rings. The summed E-state index contributed by atoms with van der Waals surface area (Å²) in [6.07, 6.45) is 6.89. The first-order valence-electron chi connectivity index (χ1n) is 6.12. The smallest absolute Gasteiger partial charge is 0.227 e. The van der Waals surface area contributed by atoms with Gasteiger partial charge in [-0.15, -0.1) is 24.8 Å². The van der Waals surface area contributed by atoms with Crippen LogP contribution < -0.4 is 11.1 Å². The largest absolute Gasteiger partial charge is 0.354 e. The van der Waals surface area contributed by atoms with Crippen LogP contribution in [0, 0.1) is 5.41 Å². The van der Waals surface area contributed by atoms with E-state index in [1.54, 1.807) is 12.5 Å². The maximum Gasteiger partial charge on any atom is 0.227 e. The number of amides is 1. The van der Waals surface area contributed by atoms with Crippen molar-refractivity contribution >= 4 is 30.7 Å². The van der Waals surface area contributed by atoms with Crippen LogP contribution in [0.4, 0.5) is 0 Å². The van der Waals surface area contributed by atoms with Crippen molar-refractivity contribution in [1.29, 1.82) is 0 Å². The third-order valence-electron chi connectivity index (χ3n) is 3.44. The van der Waals surface area contributed by atoms with Gasteiger partial charge in [0.1, 0.15) is 0 Å². The topological polar surface area (TPSA) is 72.9 Å². The molecule has 112 valence electrons. The van der Waals surface area contributed by atoms with Crippen molar-refractivity contribution in [3.8, 4) is 0 Å². The van der Waals surface area contributed by atoms with E-state index in [1.165, 1.54) is 0 Å². The van der Waals surface area contributed by atoms with E-state index in [-0.39, 0.29) is 30.7 Å². The molecule has 0 bridgehead atoms. The minimum Gasteiger partial charge on any atom is -0.354 e. The van der Waals surface area contributed by atoms with Gasteiger partial charge in [-0.1, -0.05) is 13.8 Å². The Balaban J connectivity index is 0. The molecule has 1 rings (SSSR count). The summed E-state index contributed by atoms with van der Waals surface area (Å²) in [5.41, 5.74) is 5.31. The minimum atomic E-state index is -0.408. The van der Waals surface area contributed by atoms with Crippen molar-refractivity contribution in [3.05, 3.63) is 18.7 Å². The fourth-order valence-corrected chi connectivity index (χ4v) is 1.86. The van der Waals surface area contributed by atoms with Gasteiger partial charge >= 0.3 is 0 Å². The highest BCUT2D eigenvalue weighted by atomic mass is 35.5. The summed E-state index contributed by atoms with van der Waals surface area (Å²) >= 11 is 0. The van der Waals surface area contributed by atoms with E-state index in [0.717, 1.165) is 19.4 Å². The highest BCUT2D eigenvalue weighted by Gasteiger charge is 2.32. The molecule has 7 heteroatoms. The molecule has 1 heterocycles. The zero-order valence-corrected chi connectivity index (χ0v) is 13.1. The Bertz CT molecular complexity index is 331. The van der Waals surface area contributed by atoms with Gasteiger partial charge in [0, 0.05) is 32.0 Å². The molecule has 0 aliphatic carbocycles. The zero-order chi connectivity index (χ0) is 12.7. The van der Waals surface area contributed by atoms with Crippen molar-refractivity contribution in [2.24, 2.45) is 11.1 Å². The average molecular weight is 311 g/mol. The van der Waals surface area contributed by atoms with Crippen molar-refractivity contribution in [2.75, 3.05) is 13.1 Å². The first kappa shape index (κ1) is 20.5. The number of nitrogens with zero attached hydrogens (tertiary/aromatic N) is 2. The monoisotopic (exact) mass is 310 g/mol. The SMILES string of the molecule is CCC(CC)(CN)C(=O)NCCn1ccnc1.Cl.Cl. The third kappa shape index (κ3) is 5.38. The molecule has 5 nitrogen and oxygen atoms in total. The predicted molar refractivity (Wildman–Crippen MR) is 81.8 cm³/mol. The maximum absolute atomic E-state index is 12.1. The Morgan fingerprint density at radius 3 is 2.42 bits per heavy atom. The van der Waals surface area contributed by atoms with Gasteiger partial charge in [-0.25, -0.2) is 4.98 Å². The highest BCUT2D eigenvalue weighted by molar-refractivity contribution is 5.85. The normalized spacial score (nSPS) is 10.3. The number of nitrogens with one attached hydrogen (secondary N) is 1. The van der Waals surface area contributed by atoms with Crippen molar-refractivity contribution in [2.45, 2.75) is 33.2 Å². The molecule has 0 saturated carbocycles. The molecule has 0 aliphatic heterocycles. The second-order valence-corrected chi connectivity index (χ2v) is 4.25. The van der Waals surface area contributed by atoms with Crippen LogP contribution >= 0.6 is 24.8 Å². The molecular formula is C12H24Cl2N4O. The van der Waals surface area contributed by atoms with Gasteiger partial charge in [-0.05, 0) is 12.8 Å². The Labute approximate surface area is 127 Å². The van der Waals surface area contributed by atoms with Crippen LogP contribution in [0.15, 0.2) is 18.7 Å². The minimum absolute atomic E-state index is 0. The summed E-state index contributed by atoms with van der Waals surface area (Å²) in [6, 6.07) is 0. The number of nitrogens with two attached hydrogens (primary N) is 1. The lowest BCUT2D eigenvalue weighted by Gasteiger charge is -2.28. The second-order valence-electron chi connectivity index (χ2n) is 4.25. The first-order chi connectivity index (χ1) is 8.18. The molecule has 0 aromatic carbocycles. The summed E-state index contributed by atoms with van der Waals surface area (Å²) in [5, 5.41) is 2.95. The highest BCUT2D eigenvalue weighted by Crippen LogP contribution is 2.24. The standard InChI is InChI=1S/C12H22N4O.2ClH/c1-3-12(4-2,9-13)11(17)15-6-8-16-7-5-14-10-16;;/h5,7,10H,3-4,6,8-9,13H2,1-2H3,(H,15,17);2*1H. The molecule has 0 saturated heterocycles. The zero-order valence-electron chi connectivity index (χ0n) is 11.5. The number of imidazole rings is 1. The number of hydrogen-bond acceptors (Lipinski definition) is 3. The summed E-state index contributed by atoms with van der Waals surface area (Å²) in [4.78, 5) is 16.0. The van der Waals surface area contributed by atoms with Crippen LogP contribution in [0.1, 0.15) is 26.7 Å². The Morgan fingerprint density at radius 2 is 2.00 bits per heavy atom. The average Bonchev–Trinajstić information content (AvgIpc) is 2.85. The van der Waals surface area contributed by atoms with Crippen LogP contribution in [-0.2, 0) is 11.3 Å². The van der Waals surface area contributed by atoms with E-state index in [9.17, 15) is 4.79 Å². The van der Waals surface area contributed by atoms with E-state index < -0.39 is 5.41 Å². The molecule has 19 heavy (non-hydrogen) atoms. The number of hydrogen-bond donors (Lipinski definition) is 2. The van der Waals surface area contributed by atoms with E-state index in [4.69, 9.17) is 5.73 Å². The van der Waals surface area contributed by atoms with Gasteiger partial charge in [0.15, 0.2) is 0 Å². The molecule has 0 radical (unpaired) electrons. The van der Waals surface area contributed by atoms with Crippen LogP contribution in [0.25, 0.3) is 0 Å². The van der Waals surface area contributed by atoms with E-state index in [1.807, 2.05) is 24.6 Å². The van der Waals surface area contributed by atoms with Gasteiger partial charge in [0.25, 0.3) is 0 Å². The first-order valence-corrected chi connectivity index (χ1v) is 6.12. The maximum atomic E-state index is 12.1. The molecule has 0 fully saturated rings. The van der Waals surface area contributed by atoms with Crippen molar-refractivity contribution in [1.82, 2.24) is 14.9 Å². The van der Waals surface area contributed by atoms with Crippen molar-refractivity contribution in [3.63, 3.8) is 0 Å². The summed E-state index contributed by atoms with van der Waals surface area (Å²) in [7, 11) is 0. The lowest BCUT2D eigenvalue weighted by Crippen LogP contribution is -2.46. The van der Waals surface area contributed by atoms with Crippen LogP contribution in [-0.4, -0.2) is 28.5 Å². The van der Waals surface area contributed by atoms with Gasteiger partial charge in [-0.3, -0.25) is 4.79 Å². The summed E-state index contributed by atoms with van der Waals surface area (Å²) in [6.45, 7) is 5.76. The van der Waals surface area contributed by atoms with Gasteiger partial charge in [-0.2, -0.15) is 0 Å². The predicted octanol–water partition coefficient (Wildman–Crippen LogP) is 1.61. The third-order valence-corrected chi connectivity index (χ3v) is 3.44. The van der Waals surface area contributed by atoms with Gasteiger partial charge in [0.2, 0.25) is 5.91 Å². The molecule has 1 amide bonds. The number of carbonyl (C=O) groups is 1. The summed E-state index contributed by atoms with van der Waals surface area (Å²) < 4.78 is 1.93. The van der Waals surface area contributed by atoms with Crippen LogP contribution in [0.5, 0.6) is 0 Å². The molecule has 3 N–H and O–H groups in total. The lowest BCUT2D eigenvalue weighted by atomic mass is 9.81. The Kier molecular flexibility index (Phi) is 10.9. The number of aromatic nitrogens is 2. The van der Waals surface area contributed by atoms with E-state index >= 15 is 0 Å². The molecule has 0 spiro atoms. The lowest BCUT2D eigenvalue weighted by molar-refractivity contribution is -0.131. The molecular weight excluding hydrogens is 287 g/mol. The van der Waals surface area contributed by atoms with Gasteiger partial charge in [0.05, 0.1) is 11.7 Å². The number of halogens is 2. The molecule has 0 atom stereocenters. The fourth-order valence-electron chi connectivity index (χ4n) is 1.86. The fraction of sp³-hybridized carbons (Fsp3) is 0.667. The number of carbonyl (C=O) groups excluding carboxylic acids is 1. The summed E-state index contributed by atoms with van der Waals surface area (Å²) in [5.74, 6) is 0.0603. The molecule has 1 aromatic rings. The Morgan fingerprint density at radius 1 is 1.37 bits per heavy atom. The van der Waals surface area contributed by atoms with Gasteiger partial charge < -0.3 is 15.6 Å². The van der Waals surface area contributed by atoms with E-state index in [0.29, 0.717) is 13.1 Å².